The molecule has 0 saturated carbocycles. The third kappa shape index (κ3) is 6.70. The van der Waals surface area contributed by atoms with Crippen LogP contribution in [-0.4, -0.2) is 56.3 Å². The zero-order valence-corrected chi connectivity index (χ0v) is 23.3. The second-order valence-electron chi connectivity index (χ2n) is 8.59. The standard InChI is InChI=1S/C25H32BrN3O6S/c1-5-17(3)27-25(31)18(4)28(14-19-8-7-9-20(26)12-19)24(30)15-29(36(32,33)6-2)21-10-11-22-23(13-21)35-16-34-22/h7-13,17-18H,5-6,14-16H2,1-4H3,(H,27,31)/t17-,18-/m1/s1. The number of hydrogen-bond acceptors (Lipinski definition) is 6. The monoisotopic (exact) mass is 581 g/mol. The van der Waals surface area contributed by atoms with E-state index in [0.717, 1.165) is 20.8 Å². The predicted octanol–water partition coefficient (Wildman–Crippen LogP) is 3.67. The number of benzene rings is 2. The number of fused-ring (bicyclic) bond motifs is 1. The van der Waals surface area contributed by atoms with Gasteiger partial charge in [-0.2, -0.15) is 0 Å². The number of hydrogen-bond donors (Lipinski definition) is 1. The van der Waals surface area contributed by atoms with Crippen molar-refractivity contribution in [2.75, 3.05) is 23.4 Å². The maximum Gasteiger partial charge on any atom is 0.244 e. The lowest BCUT2D eigenvalue weighted by atomic mass is 10.1. The molecule has 196 valence electrons. The average molecular weight is 583 g/mol. The summed E-state index contributed by atoms with van der Waals surface area (Å²) in [5.74, 6) is -0.101. The first-order chi connectivity index (χ1) is 17.1. The minimum Gasteiger partial charge on any atom is -0.454 e. The summed E-state index contributed by atoms with van der Waals surface area (Å²) < 4.78 is 38.7. The Morgan fingerprint density at radius 2 is 1.81 bits per heavy atom. The maximum atomic E-state index is 13.7. The highest BCUT2D eigenvalue weighted by Crippen LogP contribution is 2.36. The van der Waals surface area contributed by atoms with E-state index in [4.69, 9.17) is 9.47 Å². The van der Waals surface area contributed by atoms with E-state index in [-0.39, 0.29) is 36.7 Å². The first-order valence-electron chi connectivity index (χ1n) is 11.8. The fourth-order valence-electron chi connectivity index (χ4n) is 3.64. The molecule has 36 heavy (non-hydrogen) atoms. The molecule has 0 radical (unpaired) electrons. The number of sulfonamides is 1. The van der Waals surface area contributed by atoms with Gasteiger partial charge in [0.25, 0.3) is 0 Å². The molecule has 3 rings (SSSR count). The Kier molecular flexibility index (Phi) is 9.24. The van der Waals surface area contributed by atoms with Crippen molar-refractivity contribution in [3.63, 3.8) is 0 Å². The number of nitrogens with zero attached hydrogens (tertiary/aromatic N) is 2. The minimum absolute atomic E-state index is 0.0431. The average Bonchev–Trinajstić information content (AvgIpc) is 3.33. The molecule has 0 spiro atoms. The highest BCUT2D eigenvalue weighted by molar-refractivity contribution is 9.10. The smallest absolute Gasteiger partial charge is 0.244 e. The SMILES string of the molecule is CC[C@@H](C)NC(=O)[C@@H](C)N(Cc1cccc(Br)c1)C(=O)CN(c1ccc2c(c1)OCO2)S(=O)(=O)CC. The maximum absolute atomic E-state index is 13.7. The van der Waals surface area contributed by atoms with Gasteiger partial charge in [-0.15, -0.1) is 0 Å². The van der Waals surface area contributed by atoms with Gasteiger partial charge in [0.1, 0.15) is 12.6 Å². The second kappa shape index (κ2) is 12.0. The van der Waals surface area contributed by atoms with Crippen molar-refractivity contribution in [1.82, 2.24) is 10.2 Å². The molecule has 0 fully saturated rings. The van der Waals surface area contributed by atoms with Gasteiger partial charge in [0, 0.05) is 23.1 Å². The van der Waals surface area contributed by atoms with Crippen molar-refractivity contribution >= 4 is 43.5 Å². The van der Waals surface area contributed by atoms with Crippen LogP contribution in [-0.2, 0) is 26.2 Å². The Labute approximate surface area is 220 Å². The van der Waals surface area contributed by atoms with Crippen LogP contribution in [0.15, 0.2) is 46.9 Å². The lowest BCUT2D eigenvalue weighted by Gasteiger charge is -2.32. The number of amides is 2. The van der Waals surface area contributed by atoms with Gasteiger partial charge in [0.2, 0.25) is 28.6 Å². The van der Waals surface area contributed by atoms with Gasteiger partial charge in [-0.1, -0.05) is 35.0 Å². The van der Waals surface area contributed by atoms with Crippen molar-refractivity contribution < 1.29 is 27.5 Å². The molecule has 0 saturated heterocycles. The lowest BCUT2D eigenvalue weighted by molar-refractivity contribution is -0.139. The molecule has 1 aliphatic rings. The zero-order chi connectivity index (χ0) is 26.5. The van der Waals surface area contributed by atoms with Gasteiger partial charge in [0.05, 0.1) is 11.4 Å². The summed E-state index contributed by atoms with van der Waals surface area (Å²) in [6.07, 6.45) is 0.741. The Morgan fingerprint density at radius 1 is 1.08 bits per heavy atom. The summed E-state index contributed by atoms with van der Waals surface area (Å²) in [5, 5.41) is 2.91. The van der Waals surface area contributed by atoms with E-state index in [1.807, 2.05) is 38.1 Å². The first-order valence-corrected chi connectivity index (χ1v) is 14.2. The highest BCUT2D eigenvalue weighted by atomic mass is 79.9. The molecule has 0 aliphatic carbocycles. The fraction of sp³-hybridized carbons (Fsp3) is 0.440. The molecule has 2 amide bonds. The van der Waals surface area contributed by atoms with Gasteiger partial charge in [-0.05, 0) is 57.0 Å². The minimum atomic E-state index is -3.83. The fourth-order valence-corrected chi connectivity index (χ4v) is 5.14. The molecule has 1 heterocycles. The Morgan fingerprint density at radius 3 is 2.47 bits per heavy atom. The van der Waals surface area contributed by atoms with Crippen LogP contribution in [0.2, 0.25) is 0 Å². The van der Waals surface area contributed by atoms with Crippen LogP contribution in [0.25, 0.3) is 0 Å². The van der Waals surface area contributed by atoms with Crippen molar-refractivity contribution in [3.8, 4) is 11.5 Å². The Balaban J connectivity index is 1.94. The van der Waals surface area contributed by atoms with Gasteiger partial charge < -0.3 is 19.7 Å². The molecular weight excluding hydrogens is 550 g/mol. The summed E-state index contributed by atoms with van der Waals surface area (Å²) in [4.78, 5) is 28.1. The lowest BCUT2D eigenvalue weighted by Crippen LogP contribution is -2.52. The molecule has 11 heteroatoms. The van der Waals surface area contributed by atoms with Gasteiger partial charge >= 0.3 is 0 Å². The van der Waals surface area contributed by atoms with E-state index in [1.54, 1.807) is 25.1 Å². The van der Waals surface area contributed by atoms with Crippen LogP contribution >= 0.6 is 15.9 Å². The summed E-state index contributed by atoms with van der Waals surface area (Å²) >= 11 is 3.44. The van der Waals surface area contributed by atoms with E-state index in [0.29, 0.717) is 11.5 Å². The molecule has 2 aromatic carbocycles. The van der Waals surface area contributed by atoms with Crippen LogP contribution in [0.5, 0.6) is 11.5 Å². The van der Waals surface area contributed by atoms with Gasteiger partial charge in [0.15, 0.2) is 11.5 Å². The van der Waals surface area contributed by atoms with E-state index in [1.165, 1.54) is 11.8 Å². The first kappa shape index (κ1) is 27.8. The number of rotatable bonds is 11. The third-order valence-electron chi connectivity index (χ3n) is 6.03. The number of halogens is 1. The van der Waals surface area contributed by atoms with Gasteiger partial charge in [-0.3, -0.25) is 13.9 Å². The van der Waals surface area contributed by atoms with E-state index in [9.17, 15) is 18.0 Å². The van der Waals surface area contributed by atoms with Gasteiger partial charge in [-0.25, -0.2) is 8.42 Å². The normalized spacial score (nSPS) is 14.1. The zero-order valence-electron chi connectivity index (χ0n) is 20.9. The number of anilines is 1. The predicted molar refractivity (Wildman–Crippen MR) is 141 cm³/mol. The summed E-state index contributed by atoms with van der Waals surface area (Å²) in [7, 11) is -3.83. The highest BCUT2D eigenvalue weighted by Gasteiger charge is 2.32. The molecule has 1 N–H and O–H groups in total. The van der Waals surface area contributed by atoms with E-state index >= 15 is 0 Å². The third-order valence-corrected chi connectivity index (χ3v) is 8.27. The van der Waals surface area contributed by atoms with Crippen LogP contribution in [0.3, 0.4) is 0 Å². The molecule has 0 unspecified atom stereocenters. The van der Waals surface area contributed by atoms with Crippen molar-refractivity contribution in [1.29, 1.82) is 0 Å². The molecule has 2 atom stereocenters. The van der Waals surface area contributed by atoms with Crippen molar-refractivity contribution in [2.45, 2.75) is 52.7 Å². The number of nitrogens with one attached hydrogen (secondary N) is 1. The molecule has 0 aromatic heterocycles. The van der Waals surface area contributed by atoms with Crippen molar-refractivity contribution in [3.05, 3.63) is 52.5 Å². The number of carbonyl (C=O) groups excluding carboxylic acids is 2. The Bertz CT molecular complexity index is 1210. The molecule has 0 bridgehead atoms. The Hall–Kier alpha value is -2.79. The number of ether oxygens (including phenoxy) is 2. The van der Waals surface area contributed by atoms with Crippen LogP contribution in [0.4, 0.5) is 5.69 Å². The topological polar surface area (TPSA) is 105 Å². The number of carbonyl (C=O) groups is 2. The summed E-state index contributed by atoms with van der Waals surface area (Å²) in [5.41, 5.74) is 1.09. The quantitative estimate of drug-likeness (QED) is 0.434. The molecule has 1 aliphatic heterocycles. The van der Waals surface area contributed by atoms with E-state index in [2.05, 4.69) is 21.2 Å². The molecular formula is C25H32BrN3O6S. The summed E-state index contributed by atoms with van der Waals surface area (Å²) in [6, 6.07) is 11.3. The van der Waals surface area contributed by atoms with Crippen LogP contribution < -0.4 is 19.1 Å². The van der Waals surface area contributed by atoms with Crippen LogP contribution in [0.1, 0.15) is 39.7 Å². The van der Waals surface area contributed by atoms with Crippen LogP contribution in [0, 0.1) is 0 Å². The summed E-state index contributed by atoms with van der Waals surface area (Å²) in [6.45, 7) is 6.72. The van der Waals surface area contributed by atoms with Crippen molar-refractivity contribution in [2.24, 2.45) is 0 Å². The molecule has 2 aromatic rings. The second-order valence-corrected chi connectivity index (χ2v) is 11.7. The molecule has 9 nitrogen and oxygen atoms in total. The largest absolute Gasteiger partial charge is 0.454 e. The van der Waals surface area contributed by atoms with E-state index < -0.39 is 28.5 Å².